The van der Waals surface area contributed by atoms with Gasteiger partial charge in [0.05, 0.1) is 6.10 Å². The molecule has 222 valence electrons. The summed E-state index contributed by atoms with van der Waals surface area (Å²) in [7, 11) is 0. The quantitative estimate of drug-likeness (QED) is 0.513. The molecule has 4 saturated carbocycles. The number of fused-ring (bicyclic) bond motifs is 5. The van der Waals surface area contributed by atoms with Gasteiger partial charge in [0, 0.05) is 17.6 Å². The van der Waals surface area contributed by atoms with E-state index in [-0.39, 0.29) is 76.2 Å². The van der Waals surface area contributed by atoms with Crippen LogP contribution in [-0.4, -0.2) is 29.1 Å². The average molecular weight is 574 g/mol. The van der Waals surface area contributed by atoms with E-state index in [2.05, 4.69) is 59.0 Å². The van der Waals surface area contributed by atoms with Gasteiger partial charge in [-0.25, -0.2) is 0 Å². The number of hydrogen-bond donors (Lipinski definition) is 2. The molecule has 0 aromatic heterocycles. The number of aliphatic hydroxyl groups excluding tert-OH is 1. The van der Waals surface area contributed by atoms with Crippen molar-refractivity contribution in [3.63, 3.8) is 0 Å². The Morgan fingerprint density at radius 2 is 1.71 bits per heavy atom. The van der Waals surface area contributed by atoms with E-state index in [4.69, 9.17) is 0 Å². The summed E-state index contributed by atoms with van der Waals surface area (Å²) in [5.74, 6) is 1.99. The summed E-state index contributed by atoms with van der Waals surface area (Å²) < 4.78 is 0. The molecule has 4 aliphatic carbocycles. The third kappa shape index (κ3) is 6.08. The number of amides is 1. The van der Waals surface area contributed by atoms with Crippen molar-refractivity contribution in [2.24, 2.45) is 46.3 Å². The summed E-state index contributed by atoms with van der Waals surface area (Å²) in [4.78, 5) is 24.3. The molecule has 10 atom stereocenters. The molecule has 41 heavy (non-hydrogen) atoms. The van der Waals surface area contributed by atoms with Crippen molar-refractivity contribution < 1.29 is 49.4 Å². The largest absolute Gasteiger partial charge is 1.00 e. The number of aliphatic carboxylic acids is 1. The summed E-state index contributed by atoms with van der Waals surface area (Å²) in [6.07, 6.45) is 9.11. The zero-order valence-electron chi connectivity index (χ0n) is 26.7. The van der Waals surface area contributed by atoms with Gasteiger partial charge in [-0.3, -0.25) is 4.79 Å². The first-order valence-corrected chi connectivity index (χ1v) is 16.0. The van der Waals surface area contributed by atoms with Gasteiger partial charge in [-0.2, -0.15) is 0 Å². The first kappa shape index (κ1) is 33.0. The SMILES string of the molecule is C[C@H](CCC(=O)[O-])[C@H]1CC[C@H]2[C@@H]3CCC4C[C@@H](NC(=O)c5ccc(C(C)(C)C)cc5)CC[C@]4(C)[C@H]3C[C@H](O)[C@]12C.[Na+]. The molecule has 2 N–H and O–H groups in total. The maximum Gasteiger partial charge on any atom is 1.00 e. The molecule has 0 radical (unpaired) electrons. The van der Waals surface area contributed by atoms with Crippen LogP contribution in [-0.2, 0) is 10.2 Å². The van der Waals surface area contributed by atoms with Crippen molar-refractivity contribution in [1.29, 1.82) is 0 Å². The van der Waals surface area contributed by atoms with E-state index in [0.717, 1.165) is 44.1 Å². The van der Waals surface area contributed by atoms with Crippen LogP contribution in [0.15, 0.2) is 24.3 Å². The second-order valence-electron chi connectivity index (χ2n) is 15.6. The zero-order chi connectivity index (χ0) is 29.0. The molecule has 5 rings (SSSR count). The third-order valence-electron chi connectivity index (χ3n) is 12.7. The molecular weight excluding hydrogens is 521 g/mol. The minimum atomic E-state index is -0.965. The smallest absolute Gasteiger partial charge is 0.550 e. The normalized spacial score (nSPS) is 39.0. The Labute approximate surface area is 270 Å². The summed E-state index contributed by atoms with van der Waals surface area (Å²) in [6.45, 7) is 13.6. The maximum atomic E-state index is 13.1. The first-order chi connectivity index (χ1) is 18.7. The van der Waals surface area contributed by atoms with Crippen LogP contribution in [0.3, 0.4) is 0 Å². The fourth-order valence-electron chi connectivity index (χ4n) is 10.3. The van der Waals surface area contributed by atoms with E-state index in [0.29, 0.717) is 36.0 Å². The van der Waals surface area contributed by atoms with Gasteiger partial charge in [0.1, 0.15) is 0 Å². The number of carbonyl (C=O) groups excluding carboxylic acids is 2. The Balaban J connectivity index is 0.00000387. The predicted octanol–water partition coefficient (Wildman–Crippen LogP) is 2.88. The minimum absolute atomic E-state index is 0. The van der Waals surface area contributed by atoms with Crippen molar-refractivity contribution in [2.45, 2.75) is 123 Å². The van der Waals surface area contributed by atoms with E-state index in [1.807, 2.05) is 12.1 Å². The molecule has 5 nitrogen and oxygen atoms in total. The van der Waals surface area contributed by atoms with Crippen LogP contribution in [0.1, 0.15) is 122 Å². The van der Waals surface area contributed by atoms with Crippen LogP contribution in [0.5, 0.6) is 0 Å². The fraction of sp³-hybridized carbons (Fsp3) is 0.771. The Kier molecular flexibility index (Phi) is 9.87. The summed E-state index contributed by atoms with van der Waals surface area (Å²) in [5, 5.41) is 26.2. The van der Waals surface area contributed by atoms with Gasteiger partial charge in [-0.05, 0) is 134 Å². The standard InChI is InChI=1S/C35H53NO4.Na/c1-21(7-16-31(38)39)27-14-15-28-26-13-12-24-19-25(17-18-34(24,5)29(26)20-30(37)35(27,28)6)36-32(40)22-8-10-23(11-9-22)33(2,3)4;/h8-11,21,24-30,37H,7,12-20H2,1-6H3,(H,36,40)(H,38,39);/q;+1/p-1/t21-,24?,25+,26+,27-,28+,29+,30+,34+,35-;/m1./s1. The van der Waals surface area contributed by atoms with Gasteiger partial charge in [0.2, 0.25) is 0 Å². The van der Waals surface area contributed by atoms with Crippen LogP contribution in [0.2, 0.25) is 0 Å². The van der Waals surface area contributed by atoms with E-state index in [1.54, 1.807) is 0 Å². The molecule has 1 amide bonds. The zero-order valence-corrected chi connectivity index (χ0v) is 28.7. The molecule has 6 heteroatoms. The second-order valence-corrected chi connectivity index (χ2v) is 15.6. The van der Waals surface area contributed by atoms with Crippen LogP contribution in [0.25, 0.3) is 0 Å². The summed E-state index contributed by atoms with van der Waals surface area (Å²) >= 11 is 0. The molecule has 1 aromatic rings. The molecule has 0 aliphatic heterocycles. The molecule has 0 spiro atoms. The number of carboxylic acid groups (broad SMARTS) is 1. The number of benzene rings is 1. The Morgan fingerprint density at radius 3 is 2.34 bits per heavy atom. The molecule has 4 aliphatic rings. The maximum absolute atomic E-state index is 13.1. The molecule has 4 fully saturated rings. The summed E-state index contributed by atoms with van der Waals surface area (Å²) in [5.41, 5.74) is 2.13. The molecule has 1 aromatic carbocycles. The van der Waals surface area contributed by atoms with Gasteiger partial charge < -0.3 is 20.3 Å². The van der Waals surface area contributed by atoms with Crippen molar-refractivity contribution in [3.05, 3.63) is 35.4 Å². The monoisotopic (exact) mass is 573 g/mol. The number of aliphatic hydroxyl groups is 1. The molecule has 0 bridgehead atoms. The second kappa shape index (κ2) is 12.3. The molecule has 0 heterocycles. The van der Waals surface area contributed by atoms with Gasteiger partial charge >= 0.3 is 29.6 Å². The van der Waals surface area contributed by atoms with Crippen LogP contribution in [0.4, 0.5) is 0 Å². The van der Waals surface area contributed by atoms with E-state index < -0.39 is 5.97 Å². The van der Waals surface area contributed by atoms with E-state index in [1.165, 1.54) is 18.4 Å². The number of nitrogens with one attached hydrogen (secondary N) is 1. The van der Waals surface area contributed by atoms with Crippen molar-refractivity contribution >= 4 is 11.9 Å². The van der Waals surface area contributed by atoms with E-state index in [9.17, 15) is 19.8 Å². The van der Waals surface area contributed by atoms with E-state index >= 15 is 0 Å². The number of hydrogen-bond acceptors (Lipinski definition) is 4. The van der Waals surface area contributed by atoms with Crippen LogP contribution in [0, 0.1) is 46.3 Å². The van der Waals surface area contributed by atoms with Gasteiger partial charge in [-0.1, -0.05) is 53.7 Å². The third-order valence-corrected chi connectivity index (χ3v) is 12.7. The molecule has 1 unspecified atom stereocenters. The fourth-order valence-corrected chi connectivity index (χ4v) is 10.3. The van der Waals surface area contributed by atoms with Crippen molar-refractivity contribution in [1.82, 2.24) is 5.32 Å². The number of rotatable bonds is 6. The van der Waals surface area contributed by atoms with Gasteiger partial charge in [0.25, 0.3) is 5.91 Å². The van der Waals surface area contributed by atoms with Crippen molar-refractivity contribution in [2.75, 3.05) is 0 Å². The van der Waals surface area contributed by atoms with Crippen LogP contribution >= 0.6 is 0 Å². The Morgan fingerprint density at radius 1 is 1.02 bits per heavy atom. The first-order valence-electron chi connectivity index (χ1n) is 16.0. The Hall–Kier alpha value is -0.880. The van der Waals surface area contributed by atoms with Crippen molar-refractivity contribution in [3.8, 4) is 0 Å². The topological polar surface area (TPSA) is 89.5 Å². The summed E-state index contributed by atoms with van der Waals surface area (Å²) in [6, 6.07) is 8.29. The van der Waals surface area contributed by atoms with Crippen LogP contribution < -0.4 is 40.0 Å². The van der Waals surface area contributed by atoms with Gasteiger partial charge in [0.15, 0.2) is 0 Å². The predicted molar refractivity (Wildman–Crippen MR) is 156 cm³/mol. The number of carboxylic acids is 1. The molecular formula is C35H52NNaO4. The molecule has 0 saturated heterocycles. The van der Waals surface area contributed by atoms with Gasteiger partial charge in [-0.15, -0.1) is 0 Å². The minimum Gasteiger partial charge on any atom is -0.550 e. The Bertz CT molecular complexity index is 1100. The average Bonchev–Trinajstić information content (AvgIpc) is 3.26. The number of carbonyl (C=O) groups is 2.